The number of hydrogen-bond donors (Lipinski definition) is 1. The fraction of sp³-hybridized carbons (Fsp3) is 0.200. The number of anilines is 1. The normalized spacial score (nSPS) is 11.5. The van der Waals surface area contributed by atoms with Gasteiger partial charge in [-0.15, -0.1) is 10.2 Å². The summed E-state index contributed by atoms with van der Waals surface area (Å²) in [6, 6.07) is 11.5. The molecule has 28 heavy (non-hydrogen) atoms. The van der Waals surface area contributed by atoms with Gasteiger partial charge in [0.2, 0.25) is 0 Å². The number of ether oxygens (including phenoxy) is 1. The molecule has 0 unspecified atom stereocenters. The summed E-state index contributed by atoms with van der Waals surface area (Å²) in [6.07, 6.45) is 3.29. The zero-order valence-electron chi connectivity index (χ0n) is 15.7. The number of carbonyl (C=O) groups excluding carboxylic acids is 1. The van der Waals surface area contributed by atoms with Crippen LogP contribution >= 0.6 is 11.3 Å². The van der Waals surface area contributed by atoms with Crippen molar-refractivity contribution in [2.75, 3.05) is 5.32 Å². The van der Waals surface area contributed by atoms with E-state index in [1.807, 2.05) is 74.0 Å². The number of nitrogens with one attached hydrogen (secondary N) is 1. The Morgan fingerprint density at radius 3 is 2.79 bits per heavy atom. The lowest BCUT2D eigenvalue weighted by atomic mass is 10.1. The maximum Gasteiger partial charge on any atom is 0.412 e. The number of amides is 1. The predicted octanol–water partition coefficient (Wildman–Crippen LogP) is 4.87. The quantitative estimate of drug-likeness (QED) is 0.537. The molecule has 8 heteroatoms. The fourth-order valence-electron chi connectivity index (χ4n) is 2.80. The Bertz CT molecular complexity index is 1130. The van der Waals surface area contributed by atoms with Crippen molar-refractivity contribution in [3.63, 3.8) is 0 Å². The van der Waals surface area contributed by atoms with Crippen LogP contribution in [0.25, 0.3) is 27.5 Å². The molecule has 0 aliphatic heterocycles. The third-order valence-corrected chi connectivity index (χ3v) is 4.66. The highest BCUT2D eigenvalue weighted by Crippen LogP contribution is 2.27. The SMILES string of the molecule is CC(C)(C)OC(=O)Nc1cccc(-c2cnc3cc(-c4nncs4)ccn23)c1. The van der Waals surface area contributed by atoms with E-state index in [9.17, 15) is 4.79 Å². The molecule has 4 rings (SSSR count). The molecule has 0 radical (unpaired) electrons. The number of pyridine rings is 1. The van der Waals surface area contributed by atoms with Crippen LogP contribution in [-0.2, 0) is 4.74 Å². The maximum atomic E-state index is 12.0. The Morgan fingerprint density at radius 1 is 1.18 bits per heavy atom. The molecule has 1 amide bonds. The minimum absolute atomic E-state index is 0.482. The second-order valence-corrected chi connectivity index (χ2v) is 8.07. The number of fused-ring (bicyclic) bond motifs is 1. The largest absolute Gasteiger partial charge is 0.444 e. The summed E-state index contributed by atoms with van der Waals surface area (Å²) in [6.45, 7) is 5.49. The first-order chi connectivity index (χ1) is 13.4. The number of rotatable bonds is 3. The van der Waals surface area contributed by atoms with Crippen LogP contribution in [0.4, 0.5) is 10.5 Å². The molecule has 0 aliphatic rings. The molecular weight excluding hydrogens is 374 g/mol. The van der Waals surface area contributed by atoms with Crippen LogP contribution in [-0.4, -0.2) is 31.3 Å². The van der Waals surface area contributed by atoms with Gasteiger partial charge in [0, 0.05) is 23.0 Å². The first-order valence-electron chi connectivity index (χ1n) is 8.73. The smallest absolute Gasteiger partial charge is 0.412 e. The van der Waals surface area contributed by atoms with Crippen LogP contribution in [0.2, 0.25) is 0 Å². The Balaban J connectivity index is 1.62. The van der Waals surface area contributed by atoms with Gasteiger partial charge in [0.05, 0.1) is 11.9 Å². The Morgan fingerprint density at radius 2 is 2.04 bits per heavy atom. The van der Waals surface area contributed by atoms with Gasteiger partial charge in [0.15, 0.2) is 0 Å². The number of hydrogen-bond acceptors (Lipinski definition) is 6. The summed E-state index contributed by atoms with van der Waals surface area (Å²) in [7, 11) is 0. The Labute approximate surface area is 166 Å². The van der Waals surface area contributed by atoms with E-state index < -0.39 is 11.7 Å². The summed E-state index contributed by atoms with van der Waals surface area (Å²) in [5.41, 5.74) is 5.47. The third-order valence-electron chi connectivity index (χ3n) is 3.92. The minimum atomic E-state index is -0.548. The molecule has 0 spiro atoms. The molecule has 142 valence electrons. The highest BCUT2D eigenvalue weighted by Gasteiger charge is 2.16. The van der Waals surface area contributed by atoms with E-state index in [2.05, 4.69) is 20.5 Å². The predicted molar refractivity (Wildman–Crippen MR) is 109 cm³/mol. The fourth-order valence-corrected chi connectivity index (χ4v) is 3.36. The second-order valence-electron chi connectivity index (χ2n) is 7.24. The average molecular weight is 393 g/mol. The number of aromatic nitrogens is 4. The van der Waals surface area contributed by atoms with E-state index in [0.717, 1.165) is 27.5 Å². The molecule has 7 nitrogen and oxygen atoms in total. The lowest BCUT2D eigenvalue weighted by Crippen LogP contribution is -2.27. The van der Waals surface area contributed by atoms with Crippen molar-refractivity contribution in [1.82, 2.24) is 19.6 Å². The molecule has 0 aliphatic carbocycles. The van der Waals surface area contributed by atoms with E-state index in [4.69, 9.17) is 4.74 Å². The van der Waals surface area contributed by atoms with Gasteiger partial charge in [0.1, 0.15) is 21.8 Å². The van der Waals surface area contributed by atoms with Gasteiger partial charge in [0.25, 0.3) is 0 Å². The minimum Gasteiger partial charge on any atom is -0.444 e. The van der Waals surface area contributed by atoms with E-state index >= 15 is 0 Å². The molecule has 4 aromatic rings. The van der Waals surface area contributed by atoms with Crippen LogP contribution in [0.1, 0.15) is 20.8 Å². The van der Waals surface area contributed by atoms with E-state index in [0.29, 0.717) is 5.69 Å². The molecule has 0 fully saturated rings. The molecule has 1 aromatic carbocycles. The molecule has 0 bridgehead atoms. The topological polar surface area (TPSA) is 81.4 Å². The van der Waals surface area contributed by atoms with Crippen LogP contribution in [0.3, 0.4) is 0 Å². The van der Waals surface area contributed by atoms with Gasteiger partial charge in [-0.25, -0.2) is 9.78 Å². The third kappa shape index (κ3) is 3.86. The number of carbonyl (C=O) groups is 1. The molecule has 1 N–H and O–H groups in total. The van der Waals surface area contributed by atoms with Crippen molar-refractivity contribution in [3.05, 3.63) is 54.3 Å². The van der Waals surface area contributed by atoms with E-state index in [1.165, 1.54) is 11.3 Å². The highest BCUT2D eigenvalue weighted by atomic mass is 32.1. The van der Waals surface area contributed by atoms with Crippen molar-refractivity contribution in [2.24, 2.45) is 0 Å². The van der Waals surface area contributed by atoms with Crippen LogP contribution in [0.15, 0.2) is 54.3 Å². The number of imidazole rings is 1. The van der Waals surface area contributed by atoms with Gasteiger partial charge in [-0.3, -0.25) is 9.72 Å². The van der Waals surface area contributed by atoms with Crippen LogP contribution < -0.4 is 5.32 Å². The van der Waals surface area contributed by atoms with Crippen molar-refractivity contribution < 1.29 is 9.53 Å². The maximum absolute atomic E-state index is 12.0. The zero-order chi connectivity index (χ0) is 19.7. The first-order valence-corrected chi connectivity index (χ1v) is 9.61. The Kier molecular flexibility index (Phi) is 4.56. The molecule has 0 saturated carbocycles. The van der Waals surface area contributed by atoms with Crippen molar-refractivity contribution in [2.45, 2.75) is 26.4 Å². The van der Waals surface area contributed by atoms with Crippen LogP contribution in [0, 0.1) is 0 Å². The summed E-state index contributed by atoms with van der Waals surface area (Å²) in [4.78, 5) is 16.5. The standard InChI is InChI=1S/C20H19N5O2S/c1-20(2,3)27-19(26)23-15-6-4-5-13(9-15)16-11-21-17-10-14(7-8-25(16)17)18-24-22-12-28-18/h4-12H,1-3H3,(H,23,26). The van der Waals surface area contributed by atoms with Crippen molar-refractivity contribution in [1.29, 1.82) is 0 Å². The lowest BCUT2D eigenvalue weighted by molar-refractivity contribution is 0.0636. The molecule has 0 saturated heterocycles. The summed E-state index contributed by atoms with van der Waals surface area (Å²) >= 11 is 1.49. The molecule has 3 aromatic heterocycles. The van der Waals surface area contributed by atoms with E-state index in [-0.39, 0.29) is 0 Å². The number of nitrogens with zero attached hydrogens (tertiary/aromatic N) is 4. The van der Waals surface area contributed by atoms with Crippen molar-refractivity contribution in [3.8, 4) is 21.8 Å². The van der Waals surface area contributed by atoms with Gasteiger partial charge >= 0.3 is 6.09 Å². The van der Waals surface area contributed by atoms with E-state index in [1.54, 1.807) is 5.51 Å². The van der Waals surface area contributed by atoms with Crippen molar-refractivity contribution >= 4 is 28.8 Å². The molecule has 0 atom stereocenters. The molecule has 3 heterocycles. The molecular formula is C20H19N5O2S. The first kappa shape index (κ1) is 18.1. The van der Waals surface area contributed by atoms with Gasteiger partial charge < -0.3 is 4.74 Å². The summed E-state index contributed by atoms with van der Waals surface area (Å²) in [5.74, 6) is 0. The zero-order valence-corrected chi connectivity index (χ0v) is 16.5. The summed E-state index contributed by atoms with van der Waals surface area (Å²) in [5, 5.41) is 11.6. The van der Waals surface area contributed by atoms with Gasteiger partial charge in [-0.2, -0.15) is 0 Å². The highest BCUT2D eigenvalue weighted by molar-refractivity contribution is 7.12. The summed E-state index contributed by atoms with van der Waals surface area (Å²) < 4.78 is 7.31. The lowest BCUT2D eigenvalue weighted by Gasteiger charge is -2.19. The van der Waals surface area contributed by atoms with Crippen LogP contribution in [0.5, 0.6) is 0 Å². The van der Waals surface area contributed by atoms with Gasteiger partial charge in [-0.05, 0) is 45.0 Å². The monoisotopic (exact) mass is 393 g/mol. The number of benzene rings is 1. The second kappa shape index (κ2) is 7.05. The average Bonchev–Trinajstić information content (AvgIpc) is 3.29. The Hall–Kier alpha value is -3.26. The van der Waals surface area contributed by atoms with Gasteiger partial charge in [-0.1, -0.05) is 23.5 Å².